The molecule has 0 bridgehead atoms. The van der Waals surface area contributed by atoms with Crippen molar-refractivity contribution in [2.24, 2.45) is 0 Å². The van der Waals surface area contributed by atoms with E-state index in [1.807, 2.05) is 48.5 Å². The van der Waals surface area contributed by atoms with E-state index in [4.69, 9.17) is 0 Å². The van der Waals surface area contributed by atoms with Gasteiger partial charge in [0.15, 0.2) is 11.4 Å². The normalized spacial score (nSPS) is 17.4. The summed E-state index contributed by atoms with van der Waals surface area (Å²) in [4.78, 5) is 30.5. The molecule has 0 unspecified atom stereocenters. The third kappa shape index (κ3) is 2.87. The van der Waals surface area contributed by atoms with E-state index in [2.05, 4.69) is 10.1 Å². The number of fused-ring (bicyclic) bond motifs is 1. The van der Waals surface area contributed by atoms with Gasteiger partial charge in [0.05, 0.1) is 23.9 Å². The van der Waals surface area contributed by atoms with Crippen molar-refractivity contribution >= 4 is 5.91 Å². The SMILES string of the molecule is CN1C[C@H]([C@@H](c2ccccc2)c2ccccn2)n2ncc(=O)c(O)c2C1=O. The number of aromatic hydroxyl groups is 1. The lowest BCUT2D eigenvalue weighted by molar-refractivity contribution is 0.0685. The van der Waals surface area contributed by atoms with E-state index in [0.717, 1.165) is 17.5 Å². The Kier molecular flexibility index (Phi) is 4.19. The first-order valence-electron chi connectivity index (χ1n) is 8.60. The number of aromatic nitrogens is 3. The summed E-state index contributed by atoms with van der Waals surface area (Å²) in [5.41, 5.74) is 1.08. The summed E-state index contributed by atoms with van der Waals surface area (Å²) in [6, 6.07) is 15.2. The van der Waals surface area contributed by atoms with E-state index in [1.54, 1.807) is 13.2 Å². The van der Waals surface area contributed by atoms with Gasteiger partial charge in [-0.1, -0.05) is 36.4 Å². The van der Waals surface area contributed by atoms with Gasteiger partial charge in [-0.05, 0) is 17.7 Å². The van der Waals surface area contributed by atoms with Crippen LogP contribution in [0.5, 0.6) is 5.75 Å². The lowest BCUT2D eigenvalue weighted by atomic mass is 9.86. The molecule has 3 heterocycles. The fourth-order valence-electron chi connectivity index (χ4n) is 3.59. The maximum Gasteiger partial charge on any atom is 0.275 e. The topological polar surface area (TPSA) is 88.3 Å². The Bertz CT molecular complexity index is 995. The molecule has 4 rings (SSSR count). The highest BCUT2D eigenvalue weighted by atomic mass is 16.3. The van der Waals surface area contributed by atoms with Crippen LogP contribution in [0.4, 0.5) is 0 Å². The maximum atomic E-state index is 12.6. The molecule has 1 aliphatic heterocycles. The van der Waals surface area contributed by atoms with Gasteiger partial charge < -0.3 is 10.0 Å². The van der Waals surface area contributed by atoms with E-state index >= 15 is 0 Å². The highest BCUT2D eigenvalue weighted by Crippen LogP contribution is 2.37. The van der Waals surface area contributed by atoms with E-state index in [0.29, 0.717) is 6.54 Å². The smallest absolute Gasteiger partial charge is 0.275 e. The van der Waals surface area contributed by atoms with Gasteiger partial charge in [0.1, 0.15) is 0 Å². The average Bonchev–Trinajstić information content (AvgIpc) is 2.70. The summed E-state index contributed by atoms with van der Waals surface area (Å²) in [5.74, 6) is -1.21. The largest absolute Gasteiger partial charge is 0.502 e. The van der Waals surface area contributed by atoms with Crippen molar-refractivity contribution in [2.45, 2.75) is 12.0 Å². The van der Waals surface area contributed by atoms with E-state index in [-0.39, 0.29) is 17.7 Å². The Morgan fingerprint density at radius 3 is 2.56 bits per heavy atom. The molecule has 136 valence electrons. The lowest BCUT2D eigenvalue weighted by Crippen LogP contribution is -2.45. The number of nitrogens with zero attached hydrogens (tertiary/aromatic N) is 4. The molecule has 0 saturated heterocycles. The van der Waals surface area contributed by atoms with Crippen molar-refractivity contribution in [2.75, 3.05) is 13.6 Å². The molecular weight excluding hydrogens is 344 g/mol. The second-order valence-electron chi connectivity index (χ2n) is 6.55. The summed E-state index contributed by atoms with van der Waals surface area (Å²) >= 11 is 0. The minimum absolute atomic E-state index is 0.0851. The van der Waals surface area contributed by atoms with E-state index < -0.39 is 17.1 Å². The van der Waals surface area contributed by atoms with Crippen LogP contribution >= 0.6 is 0 Å². The number of hydrogen-bond acceptors (Lipinski definition) is 5. The highest BCUT2D eigenvalue weighted by Gasteiger charge is 2.38. The van der Waals surface area contributed by atoms with Crippen LogP contribution in [0.15, 0.2) is 65.7 Å². The molecule has 7 nitrogen and oxygen atoms in total. The zero-order chi connectivity index (χ0) is 19.0. The Labute approximate surface area is 155 Å². The van der Waals surface area contributed by atoms with E-state index in [9.17, 15) is 14.7 Å². The molecule has 0 radical (unpaired) electrons. The molecule has 0 saturated carbocycles. The maximum absolute atomic E-state index is 12.6. The number of carbonyl (C=O) groups excluding carboxylic acids is 1. The van der Waals surface area contributed by atoms with Crippen LogP contribution < -0.4 is 5.43 Å². The van der Waals surface area contributed by atoms with Crippen LogP contribution in [0.25, 0.3) is 0 Å². The summed E-state index contributed by atoms with van der Waals surface area (Å²) < 4.78 is 1.46. The third-order valence-corrected chi connectivity index (χ3v) is 4.86. The minimum Gasteiger partial charge on any atom is -0.502 e. The predicted molar refractivity (Wildman–Crippen MR) is 98.7 cm³/mol. The fraction of sp³-hybridized carbons (Fsp3) is 0.200. The first-order valence-corrected chi connectivity index (χ1v) is 8.60. The third-order valence-electron chi connectivity index (χ3n) is 4.86. The molecule has 0 fully saturated rings. The first kappa shape index (κ1) is 17.0. The van der Waals surface area contributed by atoms with Crippen LogP contribution in [0.2, 0.25) is 0 Å². The van der Waals surface area contributed by atoms with Crippen molar-refractivity contribution in [1.29, 1.82) is 0 Å². The van der Waals surface area contributed by atoms with Gasteiger partial charge in [0.2, 0.25) is 5.43 Å². The van der Waals surface area contributed by atoms with Gasteiger partial charge >= 0.3 is 0 Å². The number of pyridine rings is 1. The molecule has 2 aromatic heterocycles. The van der Waals surface area contributed by atoms with Crippen molar-refractivity contribution in [3.05, 3.63) is 88.1 Å². The van der Waals surface area contributed by atoms with Gasteiger partial charge in [-0.3, -0.25) is 19.3 Å². The number of amides is 1. The van der Waals surface area contributed by atoms with Crippen LogP contribution in [-0.4, -0.2) is 44.3 Å². The van der Waals surface area contributed by atoms with Crippen LogP contribution in [0, 0.1) is 0 Å². The summed E-state index contributed by atoms with van der Waals surface area (Å²) in [7, 11) is 1.65. The van der Waals surface area contributed by atoms with Gasteiger partial charge in [0.25, 0.3) is 5.91 Å². The number of carbonyl (C=O) groups is 1. The number of benzene rings is 1. The van der Waals surface area contributed by atoms with Gasteiger partial charge in [-0.2, -0.15) is 5.10 Å². The van der Waals surface area contributed by atoms with Crippen molar-refractivity contribution < 1.29 is 9.90 Å². The second kappa shape index (κ2) is 6.68. The molecule has 1 aromatic carbocycles. The molecule has 1 N–H and O–H groups in total. The Balaban J connectivity index is 1.94. The summed E-state index contributed by atoms with van der Waals surface area (Å²) in [6.45, 7) is 0.372. The van der Waals surface area contributed by atoms with Crippen LogP contribution in [-0.2, 0) is 0 Å². The lowest BCUT2D eigenvalue weighted by Gasteiger charge is -2.37. The van der Waals surface area contributed by atoms with E-state index in [1.165, 1.54) is 9.58 Å². The van der Waals surface area contributed by atoms with Crippen molar-refractivity contribution in [1.82, 2.24) is 19.7 Å². The zero-order valence-corrected chi connectivity index (χ0v) is 14.7. The standard InChI is InChI=1S/C20H18N4O3/c1-23-12-15(24-18(20(23)27)19(26)16(25)11-22-24)17(13-7-3-2-4-8-13)14-9-5-6-10-21-14/h2-11,15,17,26H,12H2,1H3/t15-,17+/m1/s1. The summed E-state index contributed by atoms with van der Waals surface area (Å²) in [6.07, 6.45) is 2.77. The van der Waals surface area contributed by atoms with Gasteiger partial charge in [-0.25, -0.2) is 0 Å². The molecule has 3 aromatic rings. The van der Waals surface area contributed by atoms with Crippen molar-refractivity contribution in [3.63, 3.8) is 0 Å². The molecule has 27 heavy (non-hydrogen) atoms. The first-order chi connectivity index (χ1) is 13.1. The molecule has 0 spiro atoms. The molecule has 0 aliphatic carbocycles. The molecule has 2 atom stereocenters. The molecule has 1 amide bonds. The number of rotatable bonds is 3. The predicted octanol–water partition coefficient (Wildman–Crippen LogP) is 1.80. The molecule has 7 heteroatoms. The van der Waals surface area contributed by atoms with Crippen LogP contribution in [0.3, 0.4) is 0 Å². The number of likely N-dealkylation sites (N-methyl/N-ethyl adjacent to an activating group) is 1. The highest BCUT2D eigenvalue weighted by molar-refractivity contribution is 5.95. The molecule has 1 aliphatic rings. The van der Waals surface area contributed by atoms with Crippen LogP contribution in [0.1, 0.15) is 33.7 Å². The quantitative estimate of drug-likeness (QED) is 0.768. The second-order valence-corrected chi connectivity index (χ2v) is 6.55. The molecular formula is C20H18N4O3. The monoisotopic (exact) mass is 362 g/mol. The number of hydrogen-bond donors (Lipinski definition) is 1. The van der Waals surface area contributed by atoms with Crippen molar-refractivity contribution in [3.8, 4) is 5.75 Å². The minimum atomic E-state index is -0.669. The van der Waals surface area contributed by atoms with Gasteiger partial charge in [0, 0.05) is 19.8 Å². The van der Waals surface area contributed by atoms with Gasteiger partial charge in [-0.15, -0.1) is 0 Å². The zero-order valence-electron chi connectivity index (χ0n) is 14.7. The average molecular weight is 362 g/mol. The Morgan fingerprint density at radius 2 is 1.85 bits per heavy atom. The summed E-state index contributed by atoms with van der Waals surface area (Å²) in [5, 5.41) is 14.4. The Hall–Kier alpha value is -3.48. The fourth-order valence-corrected chi connectivity index (χ4v) is 3.59. The Morgan fingerprint density at radius 1 is 1.11 bits per heavy atom.